The van der Waals surface area contributed by atoms with Gasteiger partial charge in [0.2, 0.25) is 5.91 Å². The molecule has 0 spiro atoms. The van der Waals surface area contributed by atoms with E-state index in [1.165, 1.54) is 0 Å². The lowest BCUT2D eigenvalue weighted by atomic mass is 9.70. The van der Waals surface area contributed by atoms with Crippen LogP contribution >= 0.6 is 0 Å². The molecular weight excluding hydrogens is 266 g/mol. The molecule has 3 rings (SSSR count). The highest BCUT2D eigenvalue weighted by Gasteiger charge is 2.40. The van der Waals surface area contributed by atoms with Crippen LogP contribution in [0.15, 0.2) is 36.3 Å². The van der Waals surface area contributed by atoms with Gasteiger partial charge in [-0.15, -0.1) is 0 Å². The van der Waals surface area contributed by atoms with Gasteiger partial charge in [-0.1, -0.05) is 6.08 Å². The molecule has 1 aliphatic carbocycles. The molecular formula is C16H19N3O2. The van der Waals surface area contributed by atoms with Crippen LogP contribution in [0.25, 0.3) is 0 Å². The number of rotatable bonds is 3. The number of carbonyl (C=O) groups excluding carboxylic acids is 2. The van der Waals surface area contributed by atoms with Crippen molar-refractivity contribution in [1.29, 1.82) is 0 Å². The third-order valence-electron chi connectivity index (χ3n) is 4.41. The van der Waals surface area contributed by atoms with Crippen LogP contribution in [0.3, 0.4) is 0 Å². The molecule has 0 aromatic carbocycles. The van der Waals surface area contributed by atoms with Crippen LogP contribution in [-0.2, 0) is 4.79 Å². The van der Waals surface area contributed by atoms with Crippen molar-refractivity contribution in [3.63, 3.8) is 0 Å². The van der Waals surface area contributed by atoms with Crippen LogP contribution in [0, 0.1) is 5.41 Å². The standard InChI is InChI=1S/C16H19N3O2/c20-14-4-8-16(7-2-1-3-13(16)19-14)11-18-15(21)12-5-9-17-10-6-12/h3,5-6,9-10H,1-2,4,7-8,11H2,(H,18,21)(H,19,20). The van der Waals surface area contributed by atoms with Gasteiger partial charge >= 0.3 is 0 Å². The van der Waals surface area contributed by atoms with Crippen LogP contribution in [0.2, 0.25) is 0 Å². The Hall–Kier alpha value is -2.17. The van der Waals surface area contributed by atoms with E-state index in [-0.39, 0.29) is 17.2 Å². The Bertz CT molecular complexity index is 582. The molecule has 1 aromatic heterocycles. The average molecular weight is 285 g/mol. The Morgan fingerprint density at radius 3 is 2.95 bits per heavy atom. The van der Waals surface area contributed by atoms with E-state index in [1.807, 2.05) is 0 Å². The Morgan fingerprint density at radius 2 is 2.14 bits per heavy atom. The molecule has 0 radical (unpaired) electrons. The Labute approximate surface area is 123 Å². The van der Waals surface area contributed by atoms with Gasteiger partial charge in [-0.3, -0.25) is 14.6 Å². The maximum Gasteiger partial charge on any atom is 0.251 e. The molecule has 110 valence electrons. The van der Waals surface area contributed by atoms with Crippen molar-refractivity contribution in [3.8, 4) is 0 Å². The molecule has 2 amide bonds. The number of allylic oxidation sites excluding steroid dienone is 1. The molecule has 2 aliphatic rings. The molecule has 0 saturated carbocycles. The summed E-state index contributed by atoms with van der Waals surface area (Å²) in [5.41, 5.74) is 1.51. The lowest BCUT2D eigenvalue weighted by Crippen LogP contribution is -2.48. The zero-order valence-electron chi connectivity index (χ0n) is 11.9. The van der Waals surface area contributed by atoms with Crippen LogP contribution < -0.4 is 10.6 Å². The van der Waals surface area contributed by atoms with Crippen LogP contribution in [0.5, 0.6) is 0 Å². The van der Waals surface area contributed by atoms with Crippen molar-refractivity contribution in [2.24, 2.45) is 5.41 Å². The Kier molecular flexibility index (Phi) is 3.73. The minimum absolute atomic E-state index is 0.0826. The van der Waals surface area contributed by atoms with Gasteiger partial charge in [-0.05, 0) is 37.8 Å². The second-order valence-corrected chi connectivity index (χ2v) is 5.76. The number of hydrogen-bond acceptors (Lipinski definition) is 3. The molecule has 1 fully saturated rings. The normalized spacial score (nSPS) is 24.6. The lowest BCUT2D eigenvalue weighted by Gasteiger charge is -2.42. The maximum atomic E-state index is 12.2. The van der Waals surface area contributed by atoms with E-state index in [1.54, 1.807) is 24.5 Å². The third-order valence-corrected chi connectivity index (χ3v) is 4.41. The summed E-state index contributed by atoms with van der Waals surface area (Å²) < 4.78 is 0. The summed E-state index contributed by atoms with van der Waals surface area (Å²) in [6.07, 6.45) is 9.78. The number of aromatic nitrogens is 1. The van der Waals surface area contributed by atoms with Crippen LogP contribution in [0.4, 0.5) is 0 Å². The van der Waals surface area contributed by atoms with E-state index in [9.17, 15) is 9.59 Å². The number of pyridine rings is 1. The summed E-state index contributed by atoms with van der Waals surface area (Å²) in [5.74, 6) is -0.00664. The average Bonchev–Trinajstić information content (AvgIpc) is 2.54. The summed E-state index contributed by atoms with van der Waals surface area (Å²) in [6, 6.07) is 3.40. The molecule has 2 heterocycles. The molecule has 1 saturated heterocycles. The van der Waals surface area contributed by atoms with Crippen molar-refractivity contribution in [2.75, 3.05) is 6.54 Å². The van der Waals surface area contributed by atoms with E-state index in [0.717, 1.165) is 31.4 Å². The van der Waals surface area contributed by atoms with Gasteiger partial charge in [0.25, 0.3) is 5.91 Å². The number of amides is 2. The summed E-state index contributed by atoms with van der Waals surface area (Å²) in [4.78, 5) is 27.7. The van der Waals surface area contributed by atoms with Gasteiger partial charge in [-0.2, -0.15) is 0 Å². The van der Waals surface area contributed by atoms with E-state index < -0.39 is 0 Å². The highest BCUT2D eigenvalue weighted by Crippen LogP contribution is 2.42. The molecule has 0 bridgehead atoms. The number of hydrogen-bond donors (Lipinski definition) is 2. The first kappa shape index (κ1) is 13.8. The number of carbonyl (C=O) groups is 2. The summed E-state index contributed by atoms with van der Waals surface area (Å²) in [5, 5.41) is 6.00. The summed E-state index contributed by atoms with van der Waals surface area (Å²) >= 11 is 0. The first-order valence-corrected chi connectivity index (χ1v) is 7.38. The largest absolute Gasteiger partial charge is 0.351 e. The van der Waals surface area contributed by atoms with Gasteiger partial charge in [0.05, 0.1) is 0 Å². The van der Waals surface area contributed by atoms with E-state index in [2.05, 4.69) is 21.7 Å². The van der Waals surface area contributed by atoms with Gasteiger partial charge in [0.15, 0.2) is 0 Å². The smallest absolute Gasteiger partial charge is 0.251 e. The zero-order chi connectivity index (χ0) is 14.7. The summed E-state index contributed by atoms with van der Waals surface area (Å²) in [7, 11) is 0. The predicted octanol–water partition coefficient (Wildman–Crippen LogP) is 1.78. The number of nitrogens with one attached hydrogen (secondary N) is 2. The van der Waals surface area contributed by atoms with Gasteiger partial charge in [0.1, 0.15) is 0 Å². The highest BCUT2D eigenvalue weighted by atomic mass is 16.2. The fourth-order valence-corrected chi connectivity index (χ4v) is 3.17. The topological polar surface area (TPSA) is 71.1 Å². The Morgan fingerprint density at radius 1 is 1.33 bits per heavy atom. The maximum absolute atomic E-state index is 12.2. The minimum Gasteiger partial charge on any atom is -0.351 e. The SMILES string of the molecule is O=C1CCC2(CNC(=O)c3ccncc3)CCCC=C2N1. The van der Waals surface area contributed by atoms with Crippen molar-refractivity contribution in [3.05, 3.63) is 41.9 Å². The first-order valence-electron chi connectivity index (χ1n) is 7.38. The van der Waals surface area contributed by atoms with Crippen molar-refractivity contribution in [2.45, 2.75) is 32.1 Å². The molecule has 1 atom stereocenters. The molecule has 1 aliphatic heterocycles. The van der Waals surface area contributed by atoms with Gasteiger partial charge in [0, 0.05) is 42.0 Å². The fraction of sp³-hybridized carbons (Fsp3) is 0.438. The van der Waals surface area contributed by atoms with Crippen LogP contribution in [-0.4, -0.2) is 23.3 Å². The zero-order valence-corrected chi connectivity index (χ0v) is 11.9. The second-order valence-electron chi connectivity index (χ2n) is 5.76. The number of fused-ring (bicyclic) bond motifs is 1. The van der Waals surface area contributed by atoms with Gasteiger partial charge in [-0.25, -0.2) is 0 Å². The van der Waals surface area contributed by atoms with E-state index >= 15 is 0 Å². The third kappa shape index (κ3) is 2.82. The molecule has 1 aromatic rings. The van der Waals surface area contributed by atoms with E-state index in [0.29, 0.717) is 18.5 Å². The van der Waals surface area contributed by atoms with Gasteiger partial charge < -0.3 is 10.6 Å². The lowest BCUT2D eigenvalue weighted by molar-refractivity contribution is -0.122. The van der Waals surface area contributed by atoms with Crippen LogP contribution in [0.1, 0.15) is 42.5 Å². The second kappa shape index (κ2) is 5.68. The highest BCUT2D eigenvalue weighted by molar-refractivity contribution is 5.94. The first-order chi connectivity index (χ1) is 10.2. The fourth-order valence-electron chi connectivity index (χ4n) is 3.17. The molecule has 1 unspecified atom stereocenters. The molecule has 21 heavy (non-hydrogen) atoms. The number of nitrogens with zero attached hydrogens (tertiary/aromatic N) is 1. The molecule has 2 N–H and O–H groups in total. The molecule has 5 nitrogen and oxygen atoms in total. The Balaban J connectivity index is 1.71. The van der Waals surface area contributed by atoms with E-state index in [4.69, 9.17) is 0 Å². The van der Waals surface area contributed by atoms with Crippen molar-refractivity contribution in [1.82, 2.24) is 15.6 Å². The quantitative estimate of drug-likeness (QED) is 0.889. The number of piperidine rings is 1. The molecule has 5 heteroatoms. The van der Waals surface area contributed by atoms with Crippen molar-refractivity contribution < 1.29 is 9.59 Å². The minimum atomic E-state index is -0.102. The monoisotopic (exact) mass is 285 g/mol. The summed E-state index contributed by atoms with van der Waals surface area (Å²) in [6.45, 7) is 0.570. The predicted molar refractivity (Wildman–Crippen MR) is 78.3 cm³/mol. The van der Waals surface area contributed by atoms with Crippen molar-refractivity contribution >= 4 is 11.8 Å².